The molecule has 0 unspecified atom stereocenters. The van der Waals surface area contributed by atoms with E-state index >= 15 is 0 Å². The summed E-state index contributed by atoms with van der Waals surface area (Å²) in [5, 5.41) is 0.659. The van der Waals surface area contributed by atoms with Crippen LogP contribution in [0.3, 0.4) is 0 Å². The summed E-state index contributed by atoms with van der Waals surface area (Å²) in [6, 6.07) is 6.91. The summed E-state index contributed by atoms with van der Waals surface area (Å²) in [7, 11) is 0. The van der Waals surface area contributed by atoms with E-state index < -0.39 is 11.9 Å². The fourth-order valence-corrected chi connectivity index (χ4v) is 5.02. The molecule has 26 heavy (non-hydrogen) atoms. The molecule has 0 atom stereocenters. The second-order valence-electron chi connectivity index (χ2n) is 5.00. The Morgan fingerprint density at radius 1 is 1.23 bits per heavy atom. The van der Waals surface area contributed by atoms with Crippen molar-refractivity contribution >= 4 is 83.9 Å². The quantitative estimate of drug-likeness (QED) is 0.473. The molecule has 3 rings (SSSR count). The summed E-state index contributed by atoms with van der Waals surface area (Å²) >= 11 is 18.3. The average molecular weight is 494 g/mol. The van der Waals surface area contributed by atoms with Crippen LogP contribution in [0.2, 0.25) is 10.0 Å². The lowest BCUT2D eigenvalue weighted by molar-refractivity contribution is -0.143. The molecule has 3 aromatic rings. The Hall–Kier alpha value is -1.19. The van der Waals surface area contributed by atoms with E-state index in [0.29, 0.717) is 25.2 Å². The molecule has 0 saturated heterocycles. The summed E-state index contributed by atoms with van der Waals surface area (Å²) in [5.41, 5.74) is 0.552. The molecule has 0 spiro atoms. The first-order valence-corrected chi connectivity index (χ1v) is 10.6. The minimum absolute atomic E-state index is 0.117. The van der Waals surface area contributed by atoms with Crippen LogP contribution >= 0.6 is 61.8 Å². The van der Waals surface area contributed by atoms with Crippen LogP contribution in [0.5, 0.6) is 0 Å². The van der Waals surface area contributed by atoms with E-state index in [0.717, 1.165) is 8.49 Å². The second-order valence-corrected chi connectivity index (χ2v) is 9.26. The molecular formula is C16H11BrCl2N2O3S2. The van der Waals surface area contributed by atoms with Gasteiger partial charge in [0.15, 0.2) is 4.80 Å². The SMILES string of the molecule is CCOC(=O)Cn1c(=NC(=O)c2ccc(Br)s2)sc2ccc(Cl)c(Cl)c21. The number of nitrogens with zero attached hydrogens (tertiary/aromatic N) is 2. The number of rotatable bonds is 4. The molecular weight excluding hydrogens is 483 g/mol. The minimum atomic E-state index is -0.448. The van der Waals surface area contributed by atoms with Crippen LogP contribution in [-0.2, 0) is 16.1 Å². The van der Waals surface area contributed by atoms with Crippen LogP contribution in [0.25, 0.3) is 10.2 Å². The maximum absolute atomic E-state index is 12.5. The van der Waals surface area contributed by atoms with E-state index in [1.54, 1.807) is 35.8 Å². The molecule has 0 aliphatic rings. The van der Waals surface area contributed by atoms with Gasteiger partial charge in [0.05, 0.1) is 35.5 Å². The summed E-state index contributed by atoms with van der Waals surface area (Å²) in [6.45, 7) is 1.86. The van der Waals surface area contributed by atoms with Gasteiger partial charge in [-0.25, -0.2) is 0 Å². The number of hydrogen-bond donors (Lipinski definition) is 0. The molecule has 0 saturated carbocycles. The van der Waals surface area contributed by atoms with E-state index in [2.05, 4.69) is 20.9 Å². The van der Waals surface area contributed by atoms with Crippen molar-refractivity contribution < 1.29 is 14.3 Å². The topological polar surface area (TPSA) is 60.7 Å². The van der Waals surface area contributed by atoms with Crippen molar-refractivity contribution in [2.45, 2.75) is 13.5 Å². The number of amides is 1. The fourth-order valence-electron chi connectivity index (χ4n) is 2.24. The van der Waals surface area contributed by atoms with Crippen LogP contribution in [-0.4, -0.2) is 23.1 Å². The lowest BCUT2D eigenvalue weighted by Gasteiger charge is -2.06. The molecule has 10 heteroatoms. The first-order valence-electron chi connectivity index (χ1n) is 7.38. The maximum Gasteiger partial charge on any atom is 0.326 e. The van der Waals surface area contributed by atoms with Crippen LogP contribution < -0.4 is 4.80 Å². The number of carbonyl (C=O) groups excluding carboxylic acids is 2. The third-order valence-corrected chi connectivity index (χ3v) is 6.76. The Kier molecular flexibility index (Phi) is 6.19. The molecule has 0 aliphatic heterocycles. The molecule has 0 bridgehead atoms. The maximum atomic E-state index is 12.5. The van der Waals surface area contributed by atoms with Gasteiger partial charge in [-0.1, -0.05) is 34.5 Å². The third kappa shape index (κ3) is 4.04. The number of fused-ring (bicyclic) bond motifs is 1. The van der Waals surface area contributed by atoms with Gasteiger partial charge in [-0.2, -0.15) is 4.99 Å². The number of thiophene rings is 1. The number of benzene rings is 1. The van der Waals surface area contributed by atoms with Crippen molar-refractivity contribution in [1.29, 1.82) is 0 Å². The van der Waals surface area contributed by atoms with Gasteiger partial charge in [0.2, 0.25) is 0 Å². The first kappa shape index (κ1) is 19.6. The van der Waals surface area contributed by atoms with Crippen LogP contribution in [0.4, 0.5) is 0 Å². The van der Waals surface area contributed by atoms with E-state index in [-0.39, 0.29) is 13.2 Å². The zero-order chi connectivity index (χ0) is 18.8. The minimum Gasteiger partial charge on any atom is -0.465 e. The van der Waals surface area contributed by atoms with Crippen molar-refractivity contribution in [2.24, 2.45) is 4.99 Å². The highest BCUT2D eigenvalue weighted by atomic mass is 79.9. The van der Waals surface area contributed by atoms with Gasteiger partial charge in [0.25, 0.3) is 5.91 Å². The van der Waals surface area contributed by atoms with Gasteiger partial charge in [-0.05, 0) is 47.1 Å². The summed E-state index contributed by atoms with van der Waals surface area (Å²) in [5.74, 6) is -0.844. The number of hydrogen-bond acceptors (Lipinski definition) is 5. The Morgan fingerprint density at radius 2 is 2.00 bits per heavy atom. The average Bonchev–Trinajstić information content (AvgIpc) is 3.16. The molecule has 1 aromatic carbocycles. The number of carbonyl (C=O) groups is 2. The lowest BCUT2D eigenvalue weighted by Crippen LogP contribution is -2.23. The molecule has 1 amide bonds. The molecule has 0 aliphatic carbocycles. The highest BCUT2D eigenvalue weighted by molar-refractivity contribution is 9.11. The Morgan fingerprint density at radius 3 is 2.65 bits per heavy atom. The van der Waals surface area contributed by atoms with Crippen molar-refractivity contribution in [3.8, 4) is 0 Å². The normalized spacial score (nSPS) is 11.9. The largest absolute Gasteiger partial charge is 0.465 e. The van der Waals surface area contributed by atoms with Gasteiger partial charge in [0, 0.05) is 0 Å². The van der Waals surface area contributed by atoms with E-state index in [9.17, 15) is 9.59 Å². The molecule has 0 N–H and O–H groups in total. The van der Waals surface area contributed by atoms with Gasteiger partial charge < -0.3 is 9.30 Å². The monoisotopic (exact) mass is 492 g/mol. The van der Waals surface area contributed by atoms with Crippen LogP contribution in [0.1, 0.15) is 16.6 Å². The molecule has 0 radical (unpaired) electrons. The highest BCUT2D eigenvalue weighted by Gasteiger charge is 2.17. The zero-order valence-electron chi connectivity index (χ0n) is 13.3. The second kappa shape index (κ2) is 8.22. The summed E-state index contributed by atoms with van der Waals surface area (Å²) in [6.07, 6.45) is 0. The van der Waals surface area contributed by atoms with Crippen LogP contribution in [0.15, 0.2) is 33.0 Å². The van der Waals surface area contributed by atoms with Crippen molar-refractivity contribution in [1.82, 2.24) is 4.57 Å². The van der Waals surface area contributed by atoms with Crippen molar-refractivity contribution in [2.75, 3.05) is 6.61 Å². The number of thiazole rings is 1. The predicted octanol–water partition coefficient (Wildman–Crippen LogP) is 5.14. The molecule has 2 aromatic heterocycles. The zero-order valence-corrected chi connectivity index (χ0v) is 18.0. The van der Waals surface area contributed by atoms with Crippen molar-refractivity contribution in [3.05, 3.63) is 47.8 Å². The summed E-state index contributed by atoms with van der Waals surface area (Å²) < 4.78 is 8.18. The van der Waals surface area contributed by atoms with Gasteiger partial charge in [-0.3, -0.25) is 9.59 Å². The number of ether oxygens (including phenoxy) is 1. The first-order chi connectivity index (χ1) is 12.4. The predicted molar refractivity (Wildman–Crippen MR) is 108 cm³/mol. The van der Waals surface area contributed by atoms with E-state index in [4.69, 9.17) is 27.9 Å². The molecule has 136 valence electrons. The molecule has 0 fully saturated rings. The smallest absolute Gasteiger partial charge is 0.326 e. The highest BCUT2D eigenvalue weighted by Crippen LogP contribution is 2.32. The van der Waals surface area contributed by atoms with E-state index in [1.165, 1.54) is 22.7 Å². The lowest BCUT2D eigenvalue weighted by atomic mass is 10.3. The number of halogens is 3. The number of aromatic nitrogens is 1. The fraction of sp³-hybridized carbons (Fsp3) is 0.188. The van der Waals surface area contributed by atoms with Gasteiger partial charge in [-0.15, -0.1) is 11.3 Å². The molecule has 5 nitrogen and oxygen atoms in total. The standard InChI is InChI=1S/C16H11BrCl2N2O3S2/c1-2-24-12(22)7-21-14-9(4-3-8(18)13(14)19)26-16(21)20-15(23)10-5-6-11(17)25-10/h3-6H,2,7H2,1H3. The van der Waals surface area contributed by atoms with Crippen LogP contribution in [0, 0.1) is 0 Å². The third-order valence-electron chi connectivity index (χ3n) is 3.31. The Labute approximate surface area is 175 Å². The Bertz CT molecular complexity index is 1070. The van der Waals surface area contributed by atoms with Gasteiger partial charge in [0.1, 0.15) is 6.54 Å². The number of esters is 1. The van der Waals surface area contributed by atoms with Gasteiger partial charge >= 0.3 is 5.97 Å². The molecule has 2 heterocycles. The Balaban J connectivity index is 2.17. The van der Waals surface area contributed by atoms with Crippen molar-refractivity contribution in [3.63, 3.8) is 0 Å². The van der Waals surface area contributed by atoms with E-state index in [1.807, 2.05) is 0 Å². The summed E-state index contributed by atoms with van der Waals surface area (Å²) in [4.78, 5) is 29.5.